The van der Waals surface area contributed by atoms with E-state index < -0.39 is 68.5 Å². The molecule has 426 valence electrons. The van der Waals surface area contributed by atoms with Gasteiger partial charge in [-0.25, -0.2) is 0 Å². The molecule has 0 saturated heterocycles. The summed E-state index contributed by atoms with van der Waals surface area (Å²) in [6.07, 6.45) is 24.9. The Balaban J connectivity index is 1.18. The lowest BCUT2D eigenvalue weighted by molar-refractivity contribution is -0.133. The lowest BCUT2D eigenvalue weighted by Gasteiger charge is -2.35. The third-order valence-corrected chi connectivity index (χ3v) is 21.1. The third kappa shape index (κ3) is 9.31. The first-order valence-corrected chi connectivity index (χ1v) is 32.2. The van der Waals surface area contributed by atoms with Crippen LogP contribution in [0.15, 0.2) is 66.7 Å². The number of aryl methyl sites for hydroxylation is 3. The smallest absolute Gasteiger partial charge is 0.258 e. The first kappa shape index (κ1) is 56.5. The number of H-pyrrole nitrogens is 2. The van der Waals surface area contributed by atoms with Gasteiger partial charge in [0.25, 0.3) is 22.2 Å². The van der Waals surface area contributed by atoms with Gasteiger partial charge < -0.3 is 4.57 Å². The molecule has 4 amide bonds. The van der Waals surface area contributed by atoms with Crippen molar-refractivity contribution in [2.75, 3.05) is 0 Å². The summed E-state index contributed by atoms with van der Waals surface area (Å²) in [5.74, 6) is -4.01. The zero-order valence-electron chi connectivity index (χ0n) is 47.8. The molecule has 13 nitrogen and oxygen atoms in total. The van der Waals surface area contributed by atoms with E-state index in [0.717, 1.165) is 160 Å². The van der Waals surface area contributed by atoms with Gasteiger partial charge in [-0.2, -0.15) is 0 Å². The molecule has 15 heteroatoms. The van der Waals surface area contributed by atoms with Gasteiger partial charge in [-0.1, -0.05) is 154 Å². The Morgan fingerprint density at radius 2 is 0.815 bits per heavy atom. The molecule has 4 atom stereocenters. The maximum absolute atomic E-state index is 15.6. The molecule has 6 aliphatic rings. The number of carbonyl (C=O) groups excluding carboxylic acids is 4. The average Bonchev–Trinajstić information content (AvgIpc) is 1.91. The first-order chi connectivity index (χ1) is 39.3. The maximum atomic E-state index is 15.6. The van der Waals surface area contributed by atoms with Crippen molar-refractivity contribution in [2.45, 2.75) is 218 Å². The molecule has 0 fully saturated rings. The molecule has 8 bridgehead atoms. The van der Waals surface area contributed by atoms with Crippen molar-refractivity contribution in [2.24, 2.45) is 0 Å². The van der Waals surface area contributed by atoms with Crippen LogP contribution in [0, 0.1) is 0 Å². The fraction of sp³-hybridized carbons (Fsp3) is 0.515. The number of unbranched alkanes of at least 4 members (excludes halogenated alkanes) is 15. The lowest BCUT2D eigenvalue weighted by atomic mass is 9.65. The highest BCUT2D eigenvalue weighted by atomic mass is 32.1. The number of benzene rings is 2. The van der Waals surface area contributed by atoms with Crippen LogP contribution >= 0.6 is 22.7 Å². The van der Waals surface area contributed by atoms with Crippen LogP contribution in [-0.4, -0.2) is 38.2 Å². The van der Waals surface area contributed by atoms with E-state index in [4.69, 9.17) is 0 Å². The van der Waals surface area contributed by atoms with E-state index in [0.29, 0.717) is 86.1 Å². The topological polar surface area (TPSA) is 197 Å². The van der Waals surface area contributed by atoms with E-state index in [1.54, 1.807) is 12.1 Å². The Labute approximate surface area is 480 Å². The number of fused-ring (bicyclic) bond motifs is 13. The Morgan fingerprint density at radius 3 is 1.20 bits per heavy atom. The van der Waals surface area contributed by atoms with Gasteiger partial charge in [0.05, 0.1) is 32.3 Å². The first-order valence-electron chi connectivity index (χ1n) is 30.6. The van der Waals surface area contributed by atoms with Crippen LogP contribution in [0.4, 0.5) is 0 Å². The average molecular weight is 1130 g/mol. The Kier molecular flexibility index (Phi) is 16.2. The second-order valence-electron chi connectivity index (χ2n) is 23.7. The van der Waals surface area contributed by atoms with Crippen LogP contribution in [0.25, 0.3) is 42.0 Å². The van der Waals surface area contributed by atoms with Crippen LogP contribution in [0.3, 0.4) is 0 Å². The predicted molar refractivity (Wildman–Crippen MR) is 326 cm³/mol. The quantitative estimate of drug-likeness (QED) is 0.0222. The predicted octanol–water partition coefficient (Wildman–Crippen LogP) is 12.9. The number of aromatic nitrogens is 3. The number of imide groups is 2. The van der Waals surface area contributed by atoms with Crippen molar-refractivity contribution in [1.82, 2.24) is 25.2 Å². The standard InChI is InChI=1S/C66H77N5O8S2/c1-6-11-16-21-26-37-31-41-53-51(47(37)59(74)67-57(41)72)49-39(28-23-18-13-8-3)35-65(53,63(78)69-61(49)76)45-33-43-55(80-45)56-44(71(43)30-25-20-15-10-5)34-46(81-56)66-36-40(29-24-19-14-9-4)50(62(77)70-64(66)79)52-48-38(27-22-17-12-7-2)32-42(54(52)66)58(73)68-60(48)75/h31-36,49-50H,6-30H2,1-5H3,(H,67,72,74)(H,68,73,75)(H,69,76,78)(H,70,77,79). The van der Waals surface area contributed by atoms with Crippen molar-refractivity contribution in [1.29, 1.82) is 0 Å². The highest BCUT2D eigenvalue weighted by Gasteiger charge is 2.57. The monoisotopic (exact) mass is 1130 g/mol. The summed E-state index contributed by atoms with van der Waals surface area (Å²) in [4.78, 5) is 125. The summed E-state index contributed by atoms with van der Waals surface area (Å²) in [5.41, 5.74) is 0.738. The van der Waals surface area contributed by atoms with E-state index in [1.165, 1.54) is 22.7 Å². The molecule has 9 aromatic rings. The van der Waals surface area contributed by atoms with E-state index in [-0.39, 0.29) is 10.8 Å². The largest absolute Gasteiger partial charge is 0.339 e. The normalized spacial score (nSPS) is 20.4. The Morgan fingerprint density at radius 1 is 0.444 bits per heavy atom. The summed E-state index contributed by atoms with van der Waals surface area (Å²) in [6.45, 7) is 11.3. The Bertz CT molecular complexity index is 3700. The van der Waals surface area contributed by atoms with Crippen LogP contribution in [0.1, 0.15) is 231 Å². The molecule has 81 heavy (non-hydrogen) atoms. The van der Waals surface area contributed by atoms with Gasteiger partial charge in [-0.15, -0.1) is 22.7 Å². The minimum absolute atomic E-state index is 0.226. The van der Waals surface area contributed by atoms with Gasteiger partial charge in [0.2, 0.25) is 23.6 Å². The molecule has 4 unspecified atom stereocenters. The minimum Gasteiger partial charge on any atom is -0.339 e. The van der Waals surface area contributed by atoms with Crippen molar-refractivity contribution in [3.05, 3.63) is 132 Å². The summed E-state index contributed by atoms with van der Waals surface area (Å²) >= 11 is 2.85. The van der Waals surface area contributed by atoms with Crippen LogP contribution < -0.4 is 32.9 Å². The number of rotatable bonds is 27. The van der Waals surface area contributed by atoms with Gasteiger partial charge in [-0.05, 0) is 115 Å². The molecule has 7 aromatic heterocycles. The molecule has 2 aliphatic carbocycles. The summed E-state index contributed by atoms with van der Waals surface area (Å²) in [5, 5.41) is 6.74. The highest BCUT2D eigenvalue weighted by molar-refractivity contribution is 7.27. The van der Waals surface area contributed by atoms with E-state index in [9.17, 15) is 28.8 Å². The van der Waals surface area contributed by atoms with Crippen LogP contribution in [0.5, 0.6) is 0 Å². The van der Waals surface area contributed by atoms with Crippen molar-refractivity contribution in [3.8, 4) is 0 Å². The van der Waals surface area contributed by atoms with Crippen LogP contribution in [0.2, 0.25) is 0 Å². The summed E-state index contributed by atoms with van der Waals surface area (Å²) in [7, 11) is 0. The molecule has 0 spiro atoms. The molecule has 0 saturated carbocycles. The SMILES string of the molecule is CCCCCCC1=CC2(c3cc4c(s3)c3sc(C56C=C(CCCCCC)C(C(=O)NC5=O)c5c6c6cc(CCCCCC)c5c(=O)[nH]c6=O)cc3n4CCCCCC)C(=O)NC(=O)C1c1c2c2cc(CCCCCC)c1c(=O)[nH]c2=O. The minimum atomic E-state index is -1.67. The summed E-state index contributed by atoms with van der Waals surface area (Å²) < 4.78 is 3.95. The zero-order chi connectivity index (χ0) is 56.9. The second-order valence-corrected chi connectivity index (χ2v) is 25.8. The number of hydrogen-bond donors (Lipinski definition) is 4. The van der Waals surface area contributed by atoms with Crippen molar-refractivity contribution < 1.29 is 19.2 Å². The molecule has 4 N–H and O–H groups in total. The van der Waals surface area contributed by atoms with E-state index >= 15 is 9.59 Å². The zero-order valence-corrected chi connectivity index (χ0v) is 49.5. The molecule has 2 aromatic carbocycles. The maximum Gasteiger partial charge on any atom is 0.258 e. The van der Waals surface area contributed by atoms with Crippen molar-refractivity contribution in [3.63, 3.8) is 0 Å². The number of nitrogens with one attached hydrogen (secondary N) is 4. The van der Waals surface area contributed by atoms with Gasteiger partial charge in [-0.3, -0.25) is 59.0 Å². The van der Waals surface area contributed by atoms with Crippen molar-refractivity contribution >= 4 is 88.3 Å². The van der Waals surface area contributed by atoms with Gasteiger partial charge in [0, 0.05) is 37.8 Å². The third-order valence-electron chi connectivity index (χ3n) is 18.4. The summed E-state index contributed by atoms with van der Waals surface area (Å²) in [6, 6.07) is 7.71. The molecule has 4 aliphatic heterocycles. The fourth-order valence-corrected chi connectivity index (χ4v) is 17.3. The van der Waals surface area contributed by atoms with E-state index in [2.05, 4.69) is 59.8 Å². The fourth-order valence-electron chi connectivity index (χ4n) is 14.5. The highest BCUT2D eigenvalue weighted by Crippen LogP contribution is 2.58. The molecular weight excluding hydrogens is 1050 g/mol. The Hall–Kier alpha value is -6.32. The number of thiophene rings is 2. The number of amides is 4. The van der Waals surface area contributed by atoms with Gasteiger partial charge >= 0.3 is 0 Å². The second kappa shape index (κ2) is 23.1. The number of hydrogen-bond acceptors (Lipinski definition) is 10. The number of aromatic amines is 2. The van der Waals surface area contributed by atoms with E-state index in [1.807, 2.05) is 24.3 Å². The molecular formula is C66H77N5O8S2. The molecule has 15 rings (SSSR count). The number of carbonyl (C=O) groups is 4. The lowest BCUT2D eigenvalue weighted by Crippen LogP contribution is -2.43. The van der Waals surface area contributed by atoms with Gasteiger partial charge in [0.1, 0.15) is 10.8 Å². The van der Waals surface area contributed by atoms with Crippen LogP contribution in [-0.2, 0) is 49.4 Å². The van der Waals surface area contributed by atoms with Gasteiger partial charge in [0.15, 0.2) is 0 Å². The molecule has 0 radical (unpaired) electrons. The molecule has 11 heterocycles. The number of nitrogens with zero attached hydrogens (tertiary/aromatic N) is 1.